The van der Waals surface area contributed by atoms with Gasteiger partial charge in [0.05, 0.1) is 11.6 Å². The van der Waals surface area contributed by atoms with Gasteiger partial charge in [-0.3, -0.25) is 5.10 Å². The number of nitrogens with zero attached hydrogens (tertiary/aromatic N) is 2. The van der Waals surface area contributed by atoms with Crippen LogP contribution in [0, 0.1) is 6.92 Å². The Kier molecular flexibility index (Phi) is 1.06. The summed E-state index contributed by atoms with van der Waals surface area (Å²) in [4.78, 5) is 17.0. The van der Waals surface area contributed by atoms with E-state index in [0.717, 1.165) is 11.1 Å². The molecule has 56 valence electrons. The van der Waals surface area contributed by atoms with Crippen molar-refractivity contribution in [3.63, 3.8) is 0 Å². The minimum atomic E-state index is -0.348. The molecule has 0 aliphatic rings. The Morgan fingerprint density at radius 2 is 2.36 bits per heavy atom. The summed E-state index contributed by atoms with van der Waals surface area (Å²) in [5.41, 5.74) is 0.972. The molecule has 2 rings (SSSR count). The highest BCUT2D eigenvalue weighted by Gasteiger charge is 2.00. The van der Waals surface area contributed by atoms with E-state index < -0.39 is 0 Å². The van der Waals surface area contributed by atoms with Crippen molar-refractivity contribution in [3.8, 4) is 0 Å². The fourth-order valence-electron chi connectivity index (χ4n) is 0.996. The van der Waals surface area contributed by atoms with Gasteiger partial charge in [0, 0.05) is 5.69 Å². The molecule has 2 aromatic heterocycles. The number of hydrogen-bond donors (Lipinski definition) is 2. The van der Waals surface area contributed by atoms with Crippen LogP contribution >= 0.6 is 0 Å². The molecular formula is C6H6N4O. The van der Waals surface area contributed by atoms with Gasteiger partial charge in [-0.15, -0.1) is 0 Å². The van der Waals surface area contributed by atoms with E-state index >= 15 is 0 Å². The molecule has 0 spiro atoms. The summed E-state index contributed by atoms with van der Waals surface area (Å²) in [5.74, 6) is 0. The summed E-state index contributed by atoms with van der Waals surface area (Å²) in [5, 5.41) is 7.23. The van der Waals surface area contributed by atoms with Gasteiger partial charge in [0.1, 0.15) is 0 Å². The Morgan fingerprint density at radius 3 is 3.18 bits per heavy atom. The zero-order chi connectivity index (χ0) is 7.84. The van der Waals surface area contributed by atoms with E-state index in [2.05, 4.69) is 20.2 Å². The van der Waals surface area contributed by atoms with Crippen LogP contribution in [0.2, 0.25) is 0 Å². The summed E-state index contributed by atoms with van der Waals surface area (Å²) in [7, 11) is 0. The summed E-state index contributed by atoms with van der Waals surface area (Å²) < 4.78 is 0. The lowest BCUT2D eigenvalue weighted by atomic mass is 10.3. The highest BCUT2D eigenvalue weighted by Crippen LogP contribution is 2.06. The SMILES string of the molecule is Cc1[nH]c(=O)nc2[nH]ncc12. The smallest absolute Gasteiger partial charge is 0.309 e. The molecule has 0 aliphatic carbocycles. The van der Waals surface area contributed by atoms with Gasteiger partial charge in [-0.25, -0.2) is 4.79 Å². The first-order chi connectivity index (χ1) is 5.27. The summed E-state index contributed by atoms with van der Waals surface area (Å²) in [6.45, 7) is 1.81. The molecular weight excluding hydrogens is 144 g/mol. The molecule has 5 nitrogen and oxygen atoms in total. The van der Waals surface area contributed by atoms with Gasteiger partial charge in [-0.05, 0) is 6.92 Å². The van der Waals surface area contributed by atoms with Crippen molar-refractivity contribution >= 4 is 11.0 Å². The molecule has 0 amide bonds. The second kappa shape index (κ2) is 1.91. The van der Waals surface area contributed by atoms with Crippen molar-refractivity contribution < 1.29 is 0 Å². The zero-order valence-electron chi connectivity index (χ0n) is 5.88. The molecule has 5 heteroatoms. The third kappa shape index (κ3) is 0.813. The van der Waals surface area contributed by atoms with Crippen LogP contribution in [0.3, 0.4) is 0 Å². The van der Waals surface area contributed by atoms with Crippen molar-refractivity contribution in [1.82, 2.24) is 20.2 Å². The number of aryl methyl sites for hydroxylation is 1. The van der Waals surface area contributed by atoms with Crippen LogP contribution in [0.5, 0.6) is 0 Å². The largest absolute Gasteiger partial charge is 0.347 e. The van der Waals surface area contributed by atoms with E-state index in [1.165, 1.54) is 0 Å². The molecule has 0 unspecified atom stereocenters. The van der Waals surface area contributed by atoms with Crippen LogP contribution in [0.4, 0.5) is 0 Å². The normalized spacial score (nSPS) is 10.6. The van der Waals surface area contributed by atoms with Gasteiger partial charge in [0.25, 0.3) is 0 Å². The quantitative estimate of drug-likeness (QED) is 0.553. The Morgan fingerprint density at radius 1 is 1.55 bits per heavy atom. The average molecular weight is 150 g/mol. The maximum absolute atomic E-state index is 10.8. The predicted molar refractivity (Wildman–Crippen MR) is 39.2 cm³/mol. The second-order valence-corrected chi connectivity index (χ2v) is 2.30. The molecule has 11 heavy (non-hydrogen) atoms. The van der Waals surface area contributed by atoms with E-state index in [-0.39, 0.29) is 5.69 Å². The topological polar surface area (TPSA) is 74.4 Å². The predicted octanol–water partition coefficient (Wildman–Crippen LogP) is -0.0454. The van der Waals surface area contributed by atoms with E-state index in [9.17, 15) is 4.79 Å². The molecule has 2 heterocycles. The lowest BCUT2D eigenvalue weighted by Gasteiger charge is -1.90. The molecule has 0 aliphatic heterocycles. The number of nitrogens with one attached hydrogen (secondary N) is 2. The average Bonchev–Trinajstić information content (AvgIpc) is 2.34. The number of H-pyrrole nitrogens is 2. The van der Waals surface area contributed by atoms with Gasteiger partial charge < -0.3 is 4.98 Å². The molecule has 2 N–H and O–H groups in total. The Balaban J connectivity index is 3.02. The number of fused-ring (bicyclic) bond motifs is 1. The molecule has 0 fully saturated rings. The van der Waals surface area contributed by atoms with Crippen molar-refractivity contribution in [2.75, 3.05) is 0 Å². The van der Waals surface area contributed by atoms with E-state index in [1.54, 1.807) is 13.1 Å². The van der Waals surface area contributed by atoms with Gasteiger partial charge in [0.15, 0.2) is 5.65 Å². The summed E-state index contributed by atoms with van der Waals surface area (Å²) >= 11 is 0. The van der Waals surface area contributed by atoms with Crippen LogP contribution in [0.25, 0.3) is 11.0 Å². The fraction of sp³-hybridized carbons (Fsp3) is 0.167. The van der Waals surface area contributed by atoms with Gasteiger partial charge >= 0.3 is 5.69 Å². The lowest BCUT2D eigenvalue weighted by molar-refractivity contribution is 1.04. The maximum Gasteiger partial charge on any atom is 0.347 e. The number of hydrogen-bond acceptors (Lipinski definition) is 3. The van der Waals surface area contributed by atoms with Crippen molar-refractivity contribution in [1.29, 1.82) is 0 Å². The third-order valence-electron chi connectivity index (χ3n) is 1.53. The number of rotatable bonds is 0. The Hall–Kier alpha value is -1.65. The lowest BCUT2D eigenvalue weighted by Crippen LogP contribution is -2.10. The fourth-order valence-corrected chi connectivity index (χ4v) is 0.996. The van der Waals surface area contributed by atoms with Crippen molar-refractivity contribution in [2.24, 2.45) is 0 Å². The first-order valence-electron chi connectivity index (χ1n) is 3.17. The second-order valence-electron chi connectivity index (χ2n) is 2.30. The highest BCUT2D eigenvalue weighted by molar-refractivity contribution is 5.75. The molecule has 0 atom stereocenters. The molecule has 0 radical (unpaired) electrons. The van der Waals surface area contributed by atoms with Gasteiger partial charge in [0.2, 0.25) is 0 Å². The Labute approximate surface area is 61.5 Å². The van der Waals surface area contributed by atoms with E-state index in [1.807, 2.05) is 0 Å². The van der Waals surface area contributed by atoms with Crippen molar-refractivity contribution in [3.05, 3.63) is 22.4 Å². The highest BCUT2D eigenvalue weighted by atomic mass is 16.1. The molecule has 0 aromatic carbocycles. The standard InChI is InChI=1S/C6H6N4O/c1-3-4-2-7-10-5(4)9-6(11)8-3/h2H,1H3,(H2,7,8,9,10,11). The maximum atomic E-state index is 10.8. The minimum absolute atomic E-state index is 0.348. The van der Waals surface area contributed by atoms with E-state index in [0.29, 0.717) is 5.65 Å². The summed E-state index contributed by atoms with van der Waals surface area (Å²) in [6.07, 6.45) is 1.63. The van der Waals surface area contributed by atoms with Crippen LogP contribution in [0.15, 0.2) is 11.0 Å². The summed E-state index contributed by atoms with van der Waals surface area (Å²) in [6, 6.07) is 0. The monoisotopic (exact) mass is 150 g/mol. The zero-order valence-corrected chi connectivity index (χ0v) is 5.88. The number of aromatic amines is 2. The molecule has 0 bridgehead atoms. The van der Waals surface area contributed by atoms with Crippen LogP contribution in [-0.2, 0) is 0 Å². The first kappa shape index (κ1) is 6.09. The van der Waals surface area contributed by atoms with Crippen LogP contribution in [-0.4, -0.2) is 20.2 Å². The minimum Gasteiger partial charge on any atom is -0.309 e. The van der Waals surface area contributed by atoms with Crippen LogP contribution < -0.4 is 5.69 Å². The molecule has 2 aromatic rings. The van der Waals surface area contributed by atoms with E-state index in [4.69, 9.17) is 0 Å². The molecule has 0 saturated heterocycles. The van der Waals surface area contributed by atoms with Gasteiger partial charge in [-0.1, -0.05) is 0 Å². The third-order valence-corrected chi connectivity index (χ3v) is 1.53. The first-order valence-corrected chi connectivity index (χ1v) is 3.17. The number of aromatic nitrogens is 4. The Bertz CT molecular complexity index is 441. The van der Waals surface area contributed by atoms with Gasteiger partial charge in [-0.2, -0.15) is 10.1 Å². The van der Waals surface area contributed by atoms with Crippen molar-refractivity contribution in [2.45, 2.75) is 6.92 Å². The molecule has 0 saturated carbocycles. The van der Waals surface area contributed by atoms with Crippen LogP contribution in [0.1, 0.15) is 5.69 Å².